The normalized spacial score (nSPS) is 13.7. The Bertz CT molecular complexity index is 126. The molecule has 0 saturated carbocycles. The average Bonchev–Trinajstić information content (AvgIpc) is 1.81. The molecule has 0 spiro atoms. The minimum absolute atomic E-state index is 0.174. The topological polar surface area (TPSA) is 4.36 Å². The molecule has 58 valence electrons. The second-order valence-electron chi connectivity index (χ2n) is 2.66. The van der Waals surface area contributed by atoms with Crippen LogP contribution >= 0.6 is 0 Å². The third kappa shape index (κ3) is 3.39. The SMILES string of the molecule is [C-]#[N+]C(CC(C)C)C(F)F. The molecule has 1 nitrogen and oxygen atoms in total. The highest BCUT2D eigenvalue weighted by atomic mass is 19.3. The zero-order chi connectivity index (χ0) is 8.15. The van der Waals surface area contributed by atoms with E-state index in [9.17, 15) is 8.78 Å². The fraction of sp³-hybridized carbons (Fsp3) is 0.857. The van der Waals surface area contributed by atoms with Crippen molar-refractivity contribution in [3.05, 3.63) is 11.4 Å². The summed E-state index contributed by atoms with van der Waals surface area (Å²) in [5.41, 5.74) is 0. The van der Waals surface area contributed by atoms with Gasteiger partial charge in [0.15, 0.2) is 0 Å². The van der Waals surface area contributed by atoms with Crippen LogP contribution in [0.3, 0.4) is 0 Å². The fourth-order valence-corrected chi connectivity index (χ4v) is 0.695. The van der Waals surface area contributed by atoms with Crippen molar-refractivity contribution < 1.29 is 8.78 Å². The molecule has 3 heteroatoms. The zero-order valence-corrected chi connectivity index (χ0v) is 6.14. The summed E-state index contributed by atoms with van der Waals surface area (Å²) >= 11 is 0. The molecule has 10 heavy (non-hydrogen) atoms. The van der Waals surface area contributed by atoms with Gasteiger partial charge in [-0.25, -0.2) is 15.4 Å². The lowest BCUT2D eigenvalue weighted by Crippen LogP contribution is -2.15. The van der Waals surface area contributed by atoms with E-state index in [0.717, 1.165) is 0 Å². The second-order valence-corrected chi connectivity index (χ2v) is 2.66. The molecule has 0 bridgehead atoms. The summed E-state index contributed by atoms with van der Waals surface area (Å²) in [6, 6.07) is -1.10. The van der Waals surface area contributed by atoms with Gasteiger partial charge in [0.2, 0.25) is 0 Å². The predicted octanol–water partition coefficient (Wildman–Crippen LogP) is 2.59. The van der Waals surface area contributed by atoms with Gasteiger partial charge in [-0.05, 0) is 5.92 Å². The molecule has 0 N–H and O–H groups in total. The lowest BCUT2D eigenvalue weighted by atomic mass is 10.1. The van der Waals surface area contributed by atoms with Crippen LogP contribution < -0.4 is 0 Å². The van der Waals surface area contributed by atoms with E-state index in [1.54, 1.807) is 0 Å². The van der Waals surface area contributed by atoms with E-state index in [0.29, 0.717) is 6.42 Å². The van der Waals surface area contributed by atoms with Crippen molar-refractivity contribution in [1.82, 2.24) is 0 Å². The van der Waals surface area contributed by atoms with Crippen molar-refractivity contribution in [2.45, 2.75) is 32.7 Å². The zero-order valence-electron chi connectivity index (χ0n) is 6.14. The highest BCUT2D eigenvalue weighted by Gasteiger charge is 2.25. The smallest absolute Gasteiger partial charge is 0.307 e. The van der Waals surface area contributed by atoms with Gasteiger partial charge in [0.25, 0.3) is 6.04 Å². The molecule has 0 rings (SSSR count). The van der Waals surface area contributed by atoms with Crippen LogP contribution in [0.1, 0.15) is 20.3 Å². The van der Waals surface area contributed by atoms with Crippen molar-refractivity contribution in [3.8, 4) is 0 Å². The Morgan fingerprint density at radius 2 is 1.90 bits per heavy atom. The van der Waals surface area contributed by atoms with Gasteiger partial charge in [0.1, 0.15) is 0 Å². The highest BCUT2D eigenvalue weighted by Crippen LogP contribution is 2.14. The van der Waals surface area contributed by atoms with Gasteiger partial charge in [0, 0.05) is 6.42 Å². The van der Waals surface area contributed by atoms with Crippen LogP contribution in [-0.2, 0) is 0 Å². The quantitative estimate of drug-likeness (QED) is 0.540. The fourth-order valence-electron chi connectivity index (χ4n) is 0.695. The van der Waals surface area contributed by atoms with Gasteiger partial charge < -0.3 is 4.85 Å². The maximum Gasteiger partial charge on any atom is 0.311 e. The van der Waals surface area contributed by atoms with Gasteiger partial charge in [0.05, 0.1) is 0 Å². The first kappa shape index (κ1) is 9.35. The van der Waals surface area contributed by atoms with Crippen molar-refractivity contribution in [2.75, 3.05) is 0 Å². The lowest BCUT2D eigenvalue weighted by molar-refractivity contribution is 0.121. The molecule has 0 aliphatic carbocycles. The minimum Gasteiger partial charge on any atom is -0.307 e. The Hall–Kier alpha value is -0.650. The number of alkyl halides is 2. The van der Waals surface area contributed by atoms with Crippen LogP contribution in [0.25, 0.3) is 4.85 Å². The van der Waals surface area contributed by atoms with Crippen molar-refractivity contribution in [1.29, 1.82) is 0 Å². The Kier molecular flexibility index (Phi) is 3.94. The summed E-state index contributed by atoms with van der Waals surface area (Å²) in [5, 5.41) is 0. The molecule has 0 heterocycles. The molecule has 0 aromatic rings. The Morgan fingerprint density at radius 1 is 1.40 bits per heavy atom. The molecule has 0 fully saturated rings. The summed E-state index contributed by atoms with van der Waals surface area (Å²) in [6.45, 7) is 10.1. The van der Waals surface area contributed by atoms with Crippen molar-refractivity contribution in [3.63, 3.8) is 0 Å². The molecule has 0 aromatic heterocycles. The van der Waals surface area contributed by atoms with Crippen LogP contribution in [0.15, 0.2) is 0 Å². The maximum absolute atomic E-state index is 11.8. The van der Waals surface area contributed by atoms with Gasteiger partial charge >= 0.3 is 6.43 Å². The Labute approximate surface area is 59.9 Å². The summed E-state index contributed by atoms with van der Waals surface area (Å²) in [6.07, 6.45) is -2.19. The molecule has 1 atom stereocenters. The first-order chi connectivity index (χ1) is 4.57. The second kappa shape index (κ2) is 4.21. The summed E-state index contributed by atoms with van der Waals surface area (Å²) in [4.78, 5) is 2.83. The minimum atomic E-state index is -2.49. The third-order valence-electron chi connectivity index (χ3n) is 1.17. The predicted molar refractivity (Wildman–Crippen MR) is 35.8 cm³/mol. The number of rotatable bonds is 3. The van der Waals surface area contributed by atoms with E-state index in [4.69, 9.17) is 6.57 Å². The molecule has 0 aliphatic heterocycles. The van der Waals surface area contributed by atoms with Crippen LogP contribution in [0.2, 0.25) is 0 Å². The third-order valence-corrected chi connectivity index (χ3v) is 1.17. The number of hydrogen-bond donors (Lipinski definition) is 0. The Morgan fingerprint density at radius 3 is 2.00 bits per heavy atom. The number of nitrogens with zero attached hydrogens (tertiary/aromatic N) is 1. The molecule has 0 aromatic carbocycles. The van der Waals surface area contributed by atoms with Gasteiger partial charge in [-0.2, -0.15) is 0 Å². The summed E-state index contributed by atoms with van der Waals surface area (Å²) < 4.78 is 23.7. The molecule has 0 amide bonds. The van der Waals surface area contributed by atoms with E-state index < -0.39 is 12.5 Å². The largest absolute Gasteiger partial charge is 0.311 e. The Balaban J connectivity index is 3.75. The molecule has 1 unspecified atom stereocenters. The maximum atomic E-state index is 11.8. The number of halogens is 2. The highest BCUT2D eigenvalue weighted by molar-refractivity contribution is 4.81. The first-order valence-electron chi connectivity index (χ1n) is 3.22. The van der Waals surface area contributed by atoms with Gasteiger partial charge in [-0.3, -0.25) is 0 Å². The van der Waals surface area contributed by atoms with E-state index >= 15 is 0 Å². The summed E-state index contributed by atoms with van der Waals surface area (Å²) in [7, 11) is 0. The van der Waals surface area contributed by atoms with Gasteiger partial charge in [-0.15, -0.1) is 0 Å². The van der Waals surface area contributed by atoms with E-state index in [1.165, 1.54) is 0 Å². The first-order valence-corrected chi connectivity index (χ1v) is 3.22. The van der Waals surface area contributed by atoms with Crippen molar-refractivity contribution >= 4 is 0 Å². The van der Waals surface area contributed by atoms with Crippen LogP contribution in [0, 0.1) is 12.5 Å². The molecule has 0 saturated heterocycles. The monoisotopic (exact) mass is 147 g/mol. The van der Waals surface area contributed by atoms with Crippen LogP contribution in [-0.4, -0.2) is 12.5 Å². The number of hydrogen-bond acceptors (Lipinski definition) is 0. The van der Waals surface area contributed by atoms with Gasteiger partial charge in [-0.1, -0.05) is 13.8 Å². The lowest BCUT2D eigenvalue weighted by Gasteiger charge is -2.05. The van der Waals surface area contributed by atoms with Crippen LogP contribution in [0.4, 0.5) is 8.78 Å². The molecular weight excluding hydrogens is 136 g/mol. The average molecular weight is 147 g/mol. The standard InChI is InChI=1S/C7H11F2N/c1-5(2)4-6(10-3)7(8)9/h5-7H,4H2,1-2H3. The van der Waals surface area contributed by atoms with Crippen LogP contribution in [0.5, 0.6) is 0 Å². The van der Waals surface area contributed by atoms with Crippen molar-refractivity contribution in [2.24, 2.45) is 5.92 Å². The molecule has 0 aliphatic rings. The molecule has 0 radical (unpaired) electrons. The van der Waals surface area contributed by atoms with E-state index in [1.807, 2.05) is 13.8 Å². The molecular formula is C7H11F2N. The summed E-state index contributed by atoms with van der Waals surface area (Å²) in [5.74, 6) is 0.174. The van der Waals surface area contributed by atoms with E-state index in [-0.39, 0.29) is 5.92 Å². The van der Waals surface area contributed by atoms with E-state index in [2.05, 4.69) is 4.85 Å².